The van der Waals surface area contributed by atoms with Gasteiger partial charge in [0.15, 0.2) is 0 Å². The van der Waals surface area contributed by atoms with Gasteiger partial charge in [-0.15, -0.1) is 0 Å². The van der Waals surface area contributed by atoms with E-state index in [0.29, 0.717) is 12.5 Å². The molecule has 17 heavy (non-hydrogen) atoms. The summed E-state index contributed by atoms with van der Waals surface area (Å²) in [5.74, 6) is 0.601. The fourth-order valence-electron chi connectivity index (χ4n) is 1.54. The average Bonchev–Trinajstić information content (AvgIpc) is 2.34. The maximum absolute atomic E-state index is 5.57. The van der Waals surface area contributed by atoms with E-state index in [1.165, 1.54) is 11.3 Å². The molecule has 0 unspecified atom stereocenters. The van der Waals surface area contributed by atoms with E-state index < -0.39 is 0 Å². The van der Waals surface area contributed by atoms with Gasteiger partial charge in [-0.25, -0.2) is 0 Å². The Kier molecular flexibility index (Phi) is 6.01. The molecule has 0 aliphatic rings. The van der Waals surface area contributed by atoms with Crippen LogP contribution in [0, 0.1) is 5.92 Å². The summed E-state index contributed by atoms with van der Waals surface area (Å²) in [5, 5.41) is 0. The third-order valence-electron chi connectivity index (χ3n) is 2.64. The second-order valence-electron chi connectivity index (χ2n) is 4.76. The number of ether oxygens (including phenoxy) is 1. The van der Waals surface area contributed by atoms with Crippen LogP contribution in [0.2, 0.25) is 0 Å². The van der Waals surface area contributed by atoms with Gasteiger partial charge in [-0.05, 0) is 23.6 Å². The van der Waals surface area contributed by atoms with Crippen molar-refractivity contribution in [2.24, 2.45) is 11.7 Å². The van der Waals surface area contributed by atoms with Crippen LogP contribution >= 0.6 is 0 Å². The first-order chi connectivity index (χ1) is 8.13. The molecule has 1 aromatic rings. The molecular formula is C14H24N2O. The molecule has 0 atom stereocenters. The van der Waals surface area contributed by atoms with Crippen molar-refractivity contribution in [2.75, 3.05) is 31.7 Å². The minimum absolute atomic E-state index is 0.599. The minimum atomic E-state index is 0.599. The first-order valence-electron chi connectivity index (χ1n) is 6.21. The van der Waals surface area contributed by atoms with Crippen molar-refractivity contribution in [3.05, 3.63) is 29.8 Å². The predicted molar refractivity (Wildman–Crippen MR) is 73.3 cm³/mol. The number of benzene rings is 1. The molecule has 0 fully saturated rings. The van der Waals surface area contributed by atoms with Gasteiger partial charge < -0.3 is 15.4 Å². The SMILES string of the molecule is CC(C)COCCN(C)c1ccc(CN)cc1. The number of nitrogens with two attached hydrogens (primary N) is 1. The first-order valence-corrected chi connectivity index (χ1v) is 6.21. The summed E-state index contributed by atoms with van der Waals surface area (Å²) in [7, 11) is 2.08. The topological polar surface area (TPSA) is 38.5 Å². The molecule has 0 amide bonds. The quantitative estimate of drug-likeness (QED) is 0.738. The van der Waals surface area contributed by atoms with Gasteiger partial charge in [0.1, 0.15) is 0 Å². The number of hydrogen-bond acceptors (Lipinski definition) is 3. The van der Waals surface area contributed by atoms with Gasteiger partial charge in [0.2, 0.25) is 0 Å². The summed E-state index contributed by atoms with van der Waals surface area (Å²) in [5.41, 5.74) is 7.94. The monoisotopic (exact) mass is 236 g/mol. The largest absolute Gasteiger partial charge is 0.379 e. The van der Waals surface area contributed by atoms with Gasteiger partial charge in [0.05, 0.1) is 6.61 Å². The zero-order valence-corrected chi connectivity index (χ0v) is 11.1. The zero-order valence-electron chi connectivity index (χ0n) is 11.1. The summed E-state index contributed by atoms with van der Waals surface area (Å²) in [6.45, 7) is 7.44. The predicted octanol–water partition coefficient (Wildman–Crippen LogP) is 2.25. The van der Waals surface area contributed by atoms with E-state index in [1.54, 1.807) is 0 Å². The highest BCUT2D eigenvalue weighted by Gasteiger charge is 2.01. The first kappa shape index (κ1) is 14.0. The molecule has 1 rings (SSSR count). The molecule has 3 nitrogen and oxygen atoms in total. The number of nitrogens with zero attached hydrogens (tertiary/aromatic N) is 1. The lowest BCUT2D eigenvalue weighted by Crippen LogP contribution is -2.23. The minimum Gasteiger partial charge on any atom is -0.379 e. The summed E-state index contributed by atoms with van der Waals surface area (Å²) in [6.07, 6.45) is 0. The molecule has 96 valence electrons. The Labute approximate surface area is 105 Å². The standard InChI is InChI=1S/C14H24N2O/c1-12(2)11-17-9-8-16(3)14-6-4-13(10-15)5-7-14/h4-7,12H,8-11,15H2,1-3H3. The van der Waals surface area contributed by atoms with E-state index in [9.17, 15) is 0 Å². The van der Waals surface area contributed by atoms with Crippen LogP contribution in [0.25, 0.3) is 0 Å². The van der Waals surface area contributed by atoms with Gasteiger partial charge >= 0.3 is 0 Å². The van der Waals surface area contributed by atoms with E-state index >= 15 is 0 Å². The summed E-state index contributed by atoms with van der Waals surface area (Å²) in [6, 6.07) is 8.34. The normalized spacial score (nSPS) is 10.9. The van der Waals surface area contributed by atoms with Crippen molar-refractivity contribution < 1.29 is 4.74 Å². The molecule has 0 aliphatic heterocycles. The lowest BCUT2D eigenvalue weighted by Gasteiger charge is -2.19. The van der Waals surface area contributed by atoms with Gasteiger partial charge in [0.25, 0.3) is 0 Å². The Hall–Kier alpha value is -1.06. The Morgan fingerprint density at radius 3 is 2.41 bits per heavy atom. The highest BCUT2D eigenvalue weighted by molar-refractivity contribution is 5.46. The van der Waals surface area contributed by atoms with Crippen LogP contribution in [-0.2, 0) is 11.3 Å². The van der Waals surface area contributed by atoms with Crippen molar-refractivity contribution in [1.29, 1.82) is 0 Å². The molecular weight excluding hydrogens is 212 g/mol. The number of hydrogen-bond donors (Lipinski definition) is 1. The molecule has 1 aromatic carbocycles. The van der Waals surface area contributed by atoms with Gasteiger partial charge in [-0.1, -0.05) is 26.0 Å². The van der Waals surface area contributed by atoms with Gasteiger partial charge in [-0.3, -0.25) is 0 Å². The van der Waals surface area contributed by atoms with E-state index in [0.717, 1.165) is 19.8 Å². The van der Waals surface area contributed by atoms with E-state index in [-0.39, 0.29) is 0 Å². The van der Waals surface area contributed by atoms with Crippen molar-refractivity contribution in [3.8, 4) is 0 Å². The molecule has 0 radical (unpaired) electrons. The highest BCUT2D eigenvalue weighted by atomic mass is 16.5. The molecule has 0 aromatic heterocycles. The van der Waals surface area contributed by atoms with E-state index in [2.05, 4.69) is 50.1 Å². The second-order valence-corrected chi connectivity index (χ2v) is 4.76. The van der Waals surface area contributed by atoms with E-state index in [4.69, 9.17) is 10.5 Å². The van der Waals surface area contributed by atoms with Crippen molar-refractivity contribution in [1.82, 2.24) is 0 Å². The Balaban J connectivity index is 2.33. The maximum Gasteiger partial charge on any atom is 0.0641 e. The lowest BCUT2D eigenvalue weighted by atomic mass is 10.2. The third-order valence-corrected chi connectivity index (χ3v) is 2.64. The summed E-state index contributed by atoms with van der Waals surface area (Å²) < 4.78 is 5.57. The third kappa shape index (κ3) is 5.20. The van der Waals surface area contributed by atoms with E-state index in [1.807, 2.05) is 0 Å². The van der Waals surface area contributed by atoms with Crippen LogP contribution in [0.4, 0.5) is 5.69 Å². The number of likely N-dealkylation sites (N-methyl/N-ethyl adjacent to an activating group) is 1. The Bertz CT molecular complexity index is 309. The van der Waals surface area contributed by atoms with Crippen LogP contribution in [-0.4, -0.2) is 26.8 Å². The molecule has 0 spiro atoms. The van der Waals surface area contributed by atoms with Crippen molar-refractivity contribution in [3.63, 3.8) is 0 Å². The Morgan fingerprint density at radius 2 is 1.88 bits per heavy atom. The Morgan fingerprint density at radius 1 is 1.24 bits per heavy atom. The van der Waals surface area contributed by atoms with Gasteiger partial charge in [0, 0.05) is 32.4 Å². The zero-order chi connectivity index (χ0) is 12.7. The second kappa shape index (κ2) is 7.30. The average molecular weight is 236 g/mol. The molecule has 2 N–H and O–H groups in total. The molecule has 0 heterocycles. The van der Waals surface area contributed by atoms with Crippen LogP contribution in [0.5, 0.6) is 0 Å². The van der Waals surface area contributed by atoms with Crippen LogP contribution in [0.3, 0.4) is 0 Å². The maximum atomic E-state index is 5.57. The number of rotatable bonds is 7. The van der Waals surface area contributed by atoms with Gasteiger partial charge in [-0.2, -0.15) is 0 Å². The lowest BCUT2D eigenvalue weighted by molar-refractivity contribution is 0.116. The van der Waals surface area contributed by atoms with Crippen LogP contribution in [0.15, 0.2) is 24.3 Å². The summed E-state index contributed by atoms with van der Waals surface area (Å²) >= 11 is 0. The molecule has 3 heteroatoms. The fourth-order valence-corrected chi connectivity index (χ4v) is 1.54. The molecule has 0 aliphatic carbocycles. The smallest absolute Gasteiger partial charge is 0.0641 e. The molecule has 0 bridgehead atoms. The highest BCUT2D eigenvalue weighted by Crippen LogP contribution is 2.13. The van der Waals surface area contributed by atoms with Crippen molar-refractivity contribution >= 4 is 5.69 Å². The summed E-state index contributed by atoms with van der Waals surface area (Å²) in [4.78, 5) is 2.20. The van der Waals surface area contributed by atoms with Crippen LogP contribution in [0.1, 0.15) is 19.4 Å². The van der Waals surface area contributed by atoms with Crippen LogP contribution < -0.4 is 10.6 Å². The molecule has 0 saturated heterocycles. The van der Waals surface area contributed by atoms with Crippen molar-refractivity contribution in [2.45, 2.75) is 20.4 Å². The number of anilines is 1. The molecule has 0 saturated carbocycles. The fraction of sp³-hybridized carbons (Fsp3) is 0.571.